The minimum atomic E-state index is -0.605. The summed E-state index contributed by atoms with van der Waals surface area (Å²) in [5.41, 5.74) is 5.30. The van der Waals surface area contributed by atoms with Crippen molar-refractivity contribution in [2.45, 2.75) is 6.10 Å². The van der Waals surface area contributed by atoms with Gasteiger partial charge in [0.25, 0.3) is 0 Å². The van der Waals surface area contributed by atoms with Gasteiger partial charge in [-0.1, -0.05) is 30.3 Å². The van der Waals surface area contributed by atoms with Gasteiger partial charge in [0.15, 0.2) is 0 Å². The number of aliphatic hydroxyl groups excluding tert-OH is 1. The molecular formula is C13H15NO2. The van der Waals surface area contributed by atoms with Gasteiger partial charge in [0.05, 0.1) is 0 Å². The highest BCUT2D eigenvalue weighted by atomic mass is 16.5. The summed E-state index contributed by atoms with van der Waals surface area (Å²) >= 11 is 0. The second-order valence-corrected chi connectivity index (χ2v) is 3.71. The van der Waals surface area contributed by atoms with Gasteiger partial charge >= 0.3 is 0 Å². The van der Waals surface area contributed by atoms with Crippen LogP contribution in [0.2, 0.25) is 0 Å². The first-order valence-electron chi connectivity index (χ1n) is 5.29. The van der Waals surface area contributed by atoms with Gasteiger partial charge in [-0.05, 0) is 22.9 Å². The Morgan fingerprint density at radius 3 is 2.62 bits per heavy atom. The maximum Gasteiger partial charge on any atom is 0.120 e. The Morgan fingerprint density at radius 1 is 1.12 bits per heavy atom. The van der Waals surface area contributed by atoms with Crippen molar-refractivity contribution in [1.82, 2.24) is 0 Å². The van der Waals surface area contributed by atoms with E-state index in [0.29, 0.717) is 0 Å². The highest BCUT2D eigenvalue weighted by molar-refractivity contribution is 5.83. The molecule has 0 aliphatic carbocycles. The molecule has 1 atom stereocenters. The molecule has 0 saturated heterocycles. The van der Waals surface area contributed by atoms with Crippen molar-refractivity contribution in [1.29, 1.82) is 0 Å². The number of hydrogen-bond donors (Lipinski definition) is 2. The largest absolute Gasteiger partial charge is 0.491 e. The van der Waals surface area contributed by atoms with Crippen molar-refractivity contribution in [2.24, 2.45) is 5.73 Å². The first kappa shape index (κ1) is 10.9. The molecule has 2 aromatic rings. The Morgan fingerprint density at radius 2 is 1.88 bits per heavy atom. The summed E-state index contributed by atoms with van der Waals surface area (Å²) in [6, 6.07) is 13.9. The third kappa shape index (κ3) is 2.51. The van der Waals surface area contributed by atoms with E-state index >= 15 is 0 Å². The number of rotatable bonds is 4. The van der Waals surface area contributed by atoms with E-state index in [0.717, 1.165) is 11.1 Å². The number of benzene rings is 2. The summed E-state index contributed by atoms with van der Waals surface area (Å²) in [7, 11) is 0. The van der Waals surface area contributed by atoms with E-state index < -0.39 is 6.10 Å². The van der Waals surface area contributed by atoms with E-state index in [9.17, 15) is 5.11 Å². The molecule has 0 aliphatic heterocycles. The van der Waals surface area contributed by atoms with Crippen molar-refractivity contribution in [3.05, 3.63) is 42.5 Å². The molecular weight excluding hydrogens is 202 g/mol. The van der Waals surface area contributed by atoms with Crippen LogP contribution in [0.4, 0.5) is 0 Å². The minimum absolute atomic E-state index is 0.216. The van der Waals surface area contributed by atoms with Crippen molar-refractivity contribution >= 4 is 10.8 Å². The summed E-state index contributed by atoms with van der Waals surface area (Å²) in [6.45, 7) is 0.447. The van der Waals surface area contributed by atoms with Crippen LogP contribution in [0.15, 0.2) is 42.5 Å². The molecule has 3 nitrogen and oxygen atoms in total. The van der Waals surface area contributed by atoms with Crippen LogP contribution in [0.5, 0.6) is 5.75 Å². The molecule has 0 aromatic heterocycles. The Bertz CT molecular complexity index is 470. The fraction of sp³-hybridized carbons (Fsp3) is 0.231. The molecule has 0 fully saturated rings. The van der Waals surface area contributed by atoms with Gasteiger partial charge in [0, 0.05) is 6.54 Å². The van der Waals surface area contributed by atoms with Crippen molar-refractivity contribution < 1.29 is 9.84 Å². The maximum absolute atomic E-state index is 9.28. The van der Waals surface area contributed by atoms with Gasteiger partial charge in [-0.15, -0.1) is 0 Å². The molecule has 16 heavy (non-hydrogen) atoms. The van der Waals surface area contributed by atoms with Crippen LogP contribution in [0, 0.1) is 0 Å². The molecule has 84 valence electrons. The van der Waals surface area contributed by atoms with Crippen LogP contribution in [0.3, 0.4) is 0 Å². The number of ether oxygens (including phenoxy) is 1. The maximum atomic E-state index is 9.28. The van der Waals surface area contributed by atoms with Gasteiger partial charge in [0.2, 0.25) is 0 Å². The van der Waals surface area contributed by atoms with E-state index in [4.69, 9.17) is 10.5 Å². The summed E-state index contributed by atoms with van der Waals surface area (Å²) in [5, 5.41) is 11.6. The molecule has 0 spiro atoms. The minimum Gasteiger partial charge on any atom is -0.491 e. The fourth-order valence-electron chi connectivity index (χ4n) is 1.52. The lowest BCUT2D eigenvalue weighted by atomic mass is 10.1. The molecule has 0 saturated carbocycles. The monoisotopic (exact) mass is 217 g/mol. The predicted molar refractivity (Wildman–Crippen MR) is 64.5 cm³/mol. The first-order chi connectivity index (χ1) is 7.79. The second-order valence-electron chi connectivity index (χ2n) is 3.71. The zero-order valence-electron chi connectivity index (χ0n) is 8.97. The highest BCUT2D eigenvalue weighted by Gasteiger charge is 2.02. The topological polar surface area (TPSA) is 55.5 Å². The van der Waals surface area contributed by atoms with Gasteiger partial charge in [0.1, 0.15) is 18.5 Å². The zero-order valence-corrected chi connectivity index (χ0v) is 8.97. The normalized spacial score (nSPS) is 12.6. The molecule has 0 unspecified atom stereocenters. The number of nitrogens with two attached hydrogens (primary N) is 1. The van der Waals surface area contributed by atoms with E-state index in [1.165, 1.54) is 5.39 Å². The Balaban J connectivity index is 2.13. The third-order valence-corrected chi connectivity index (χ3v) is 2.44. The summed E-state index contributed by atoms with van der Waals surface area (Å²) in [4.78, 5) is 0. The molecule has 3 heteroatoms. The van der Waals surface area contributed by atoms with E-state index in [2.05, 4.69) is 0 Å². The van der Waals surface area contributed by atoms with Crippen LogP contribution >= 0.6 is 0 Å². The summed E-state index contributed by atoms with van der Waals surface area (Å²) < 4.78 is 5.44. The predicted octanol–water partition coefficient (Wildman–Crippen LogP) is 1.54. The summed E-state index contributed by atoms with van der Waals surface area (Å²) in [5.74, 6) is 0.756. The molecule has 0 aliphatic rings. The average Bonchev–Trinajstić information content (AvgIpc) is 2.35. The highest BCUT2D eigenvalue weighted by Crippen LogP contribution is 2.20. The molecule has 0 amide bonds. The number of fused-ring (bicyclic) bond motifs is 1. The quantitative estimate of drug-likeness (QED) is 0.816. The number of aliphatic hydroxyl groups is 1. The van der Waals surface area contributed by atoms with Crippen molar-refractivity contribution in [3.8, 4) is 5.75 Å². The standard InChI is InChI=1S/C13H15NO2/c14-8-12(15)9-16-13-6-5-10-3-1-2-4-11(10)7-13/h1-7,12,15H,8-9,14H2/t12-/m1/s1. The van der Waals surface area contributed by atoms with Gasteiger partial charge in [-0.2, -0.15) is 0 Å². The van der Waals surface area contributed by atoms with Gasteiger partial charge < -0.3 is 15.6 Å². The lowest BCUT2D eigenvalue weighted by Crippen LogP contribution is -2.26. The van der Waals surface area contributed by atoms with Crippen LogP contribution in [-0.4, -0.2) is 24.4 Å². The van der Waals surface area contributed by atoms with Crippen molar-refractivity contribution in [2.75, 3.05) is 13.2 Å². The van der Waals surface area contributed by atoms with Crippen LogP contribution in [-0.2, 0) is 0 Å². The fourth-order valence-corrected chi connectivity index (χ4v) is 1.52. The Labute approximate surface area is 94.5 Å². The molecule has 3 N–H and O–H groups in total. The van der Waals surface area contributed by atoms with E-state index in [-0.39, 0.29) is 13.2 Å². The molecule has 0 heterocycles. The number of hydrogen-bond acceptors (Lipinski definition) is 3. The molecule has 2 aromatic carbocycles. The Hall–Kier alpha value is -1.58. The lowest BCUT2D eigenvalue weighted by molar-refractivity contribution is 0.114. The van der Waals surface area contributed by atoms with Crippen LogP contribution < -0.4 is 10.5 Å². The van der Waals surface area contributed by atoms with Crippen molar-refractivity contribution in [3.63, 3.8) is 0 Å². The second kappa shape index (κ2) is 4.96. The average molecular weight is 217 g/mol. The first-order valence-corrected chi connectivity index (χ1v) is 5.29. The SMILES string of the molecule is NC[C@@H](O)COc1ccc2ccccc2c1. The zero-order chi connectivity index (χ0) is 11.4. The van der Waals surface area contributed by atoms with Crippen LogP contribution in [0.25, 0.3) is 10.8 Å². The lowest BCUT2D eigenvalue weighted by Gasteiger charge is -2.10. The van der Waals surface area contributed by atoms with Gasteiger partial charge in [-0.25, -0.2) is 0 Å². The van der Waals surface area contributed by atoms with E-state index in [1.807, 2.05) is 42.5 Å². The van der Waals surface area contributed by atoms with Crippen LogP contribution in [0.1, 0.15) is 0 Å². The molecule has 2 rings (SSSR count). The third-order valence-electron chi connectivity index (χ3n) is 2.44. The summed E-state index contributed by atoms with van der Waals surface area (Å²) in [6.07, 6.45) is -0.605. The Kier molecular flexibility index (Phi) is 3.39. The van der Waals surface area contributed by atoms with Gasteiger partial charge in [-0.3, -0.25) is 0 Å². The molecule has 0 bridgehead atoms. The molecule has 0 radical (unpaired) electrons. The van der Waals surface area contributed by atoms with E-state index in [1.54, 1.807) is 0 Å². The smallest absolute Gasteiger partial charge is 0.120 e.